The first kappa shape index (κ1) is 22.0. The molecular weight excluding hydrogens is 445 g/mol. The molecule has 2 aliphatic heterocycles. The molecule has 3 aliphatic rings. The molecule has 1 saturated carbocycles. The van der Waals surface area contributed by atoms with Crippen LogP contribution in [0.25, 0.3) is 10.9 Å². The van der Waals surface area contributed by atoms with Crippen LogP contribution in [-0.4, -0.2) is 48.8 Å². The molecule has 1 aromatic carbocycles. The van der Waals surface area contributed by atoms with Gasteiger partial charge in [0.2, 0.25) is 5.43 Å². The first-order chi connectivity index (χ1) is 16.0. The Labute approximate surface area is 195 Å². The fourth-order valence-corrected chi connectivity index (χ4v) is 5.74. The lowest BCUT2D eigenvalue weighted by Gasteiger charge is -2.35. The molecule has 0 N–H and O–H groups in total. The van der Waals surface area contributed by atoms with Crippen molar-refractivity contribution in [3.63, 3.8) is 0 Å². The molecule has 0 spiro atoms. The molecule has 0 unspecified atom stereocenters. The van der Waals surface area contributed by atoms with Gasteiger partial charge < -0.3 is 19.0 Å². The molecule has 2 aromatic rings. The van der Waals surface area contributed by atoms with Gasteiger partial charge in [0.1, 0.15) is 18.5 Å². The van der Waals surface area contributed by atoms with E-state index >= 15 is 4.39 Å². The molecule has 0 atom stereocenters. The van der Waals surface area contributed by atoms with Gasteiger partial charge in [-0.15, -0.1) is 11.8 Å². The van der Waals surface area contributed by atoms with Gasteiger partial charge in [0, 0.05) is 48.5 Å². The van der Waals surface area contributed by atoms with E-state index in [4.69, 9.17) is 9.57 Å². The van der Waals surface area contributed by atoms with Crippen molar-refractivity contribution in [3.05, 3.63) is 50.4 Å². The van der Waals surface area contributed by atoms with Crippen molar-refractivity contribution in [2.24, 2.45) is 5.16 Å². The summed E-state index contributed by atoms with van der Waals surface area (Å²) in [5, 5.41) is 4.41. The number of hydrogen-bond donors (Lipinski definition) is 0. The van der Waals surface area contributed by atoms with Crippen molar-refractivity contribution in [2.45, 2.75) is 38.6 Å². The quantitative estimate of drug-likeness (QED) is 0.479. The van der Waals surface area contributed by atoms with Crippen LogP contribution in [0.4, 0.5) is 10.1 Å². The Bertz CT molecular complexity index is 1250. The molecule has 1 aromatic heterocycles. The number of ether oxygens (including phenoxy) is 1. The van der Waals surface area contributed by atoms with Crippen LogP contribution in [0, 0.1) is 5.82 Å². The number of nitrogens with zero attached hydrogens (tertiary/aromatic N) is 3. The number of aromatic nitrogens is 1. The molecule has 0 amide bonds. The summed E-state index contributed by atoms with van der Waals surface area (Å²) in [6.45, 7) is 3.09. The van der Waals surface area contributed by atoms with E-state index in [1.165, 1.54) is 11.0 Å². The number of fused-ring (bicyclic) bond motifs is 1. The summed E-state index contributed by atoms with van der Waals surface area (Å²) in [6.07, 6.45) is 5.14. The van der Waals surface area contributed by atoms with Crippen LogP contribution in [0.5, 0.6) is 0 Å². The zero-order valence-corrected chi connectivity index (χ0v) is 19.5. The fourth-order valence-electron chi connectivity index (χ4n) is 4.61. The molecule has 1 fully saturated rings. The monoisotopic (exact) mass is 471 g/mol. The summed E-state index contributed by atoms with van der Waals surface area (Å²) >= 11 is 1.84. The minimum absolute atomic E-state index is 0.0455. The van der Waals surface area contributed by atoms with Crippen LogP contribution in [0.3, 0.4) is 0 Å². The molecular formula is C24H26FN3O4S. The summed E-state index contributed by atoms with van der Waals surface area (Å²) < 4.78 is 22.4. The van der Waals surface area contributed by atoms with E-state index in [1.54, 1.807) is 26.3 Å². The van der Waals surface area contributed by atoms with Gasteiger partial charge >= 0.3 is 5.97 Å². The lowest BCUT2D eigenvalue weighted by molar-refractivity contribution is 0.0524. The SMILES string of the molecule is CCOC(=O)c1cn(C2CC2)c2cc(N3CCC4=C(C3)/C(=N/OC)CCS4)c(F)cc2c1=O. The van der Waals surface area contributed by atoms with E-state index < -0.39 is 17.2 Å². The van der Waals surface area contributed by atoms with E-state index in [2.05, 4.69) is 5.16 Å². The summed E-state index contributed by atoms with van der Waals surface area (Å²) in [5.74, 6) is -0.166. The van der Waals surface area contributed by atoms with Crippen LogP contribution in [0.2, 0.25) is 0 Å². The standard InChI is InChI=1S/C24H26FN3O4S/c1-3-32-24(30)17-13-28(14-4-5-14)20-11-21(18(25)10-15(20)23(17)29)27-8-6-22-16(12-27)19(26-31-2)7-9-33-22/h10-11,13-14H,3-9,12H2,1-2H3/b26-19+. The number of carbonyl (C=O) groups excluding carboxylic acids is 1. The van der Waals surface area contributed by atoms with E-state index in [0.717, 1.165) is 42.7 Å². The van der Waals surface area contributed by atoms with Crippen molar-refractivity contribution in [2.75, 3.05) is 37.5 Å². The maximum absolute atomic E-state index is 15.4. The number of esters is 1. The summed E-state index contributed by atoms with van der Waals surface area (Å²) in [4.78, 5) is 33.7. The van der Waals surface area contributed by atoms with Crippen LogP contribution in [0.15, 0.2) is 38.8 Å². The van der Waals surface area contributed by atoms with Crippen molar-refractivity contribution in [3.8, 4) is 0 Å². The van der Waals surface area contributed by atoms with E-state index in [-0.39, 0.29) is 23.6 Å². The first-order valence-corrected chi connectivity index (χ1v) is 12.3. The summed E-state index contributed by atoms with van der Waals surface area (Å²) in [5.41, 5.74) is 2.60. The van der Waals surface area contributed by atoms with E-state index in [0.29, 0.717) is 24.3 Å². The summed E-state index contributed by atoms with van der Waals surface area (Å²) in [7, 11) is 1.54. The Morgan fingerprint density at radius 2 is 2.12 bits per heavy atom. The maximum atomic E-state index is 15.4. The van der Waals surface area contributed by atoms with Crippen LogP contribution < -0.4 is 10.3 Å². The van der Waals surface area contributed by atoms with Crippen LogP contribution in [0.1, 0.15) is 49.0 Å². The van der Waals surface area contributed by atoms with Crippen LogP contribution >= 0.6 is 11.8 Å². The molecule has 33 heavy (non-hydrogen) atoms. The third-order valence-electron chi connectivity index (χ3n) is 6.34. The molecule has 0 radical (unpaired) electrons. The second-order valence-corrected chi connectivity index (χ2v) is 9.63. The topological polar surface area (TPSA) is 73.1 Å². The number of carbonyl (C=O) groups is 1. The Morgan fingerprint density at radius 3 is 2.85 bits per heavy atom. The van der Waals surface area contributed by atoms with Gasteiger partial charge in [0.15, 0.2) is 0 Å². The van der Waals surface area contributed by atoms with Gasteiger partial charge in [-0.3, -0.25) is 4.79 Å². The number of benzene rings is 1. The third kappa shape index (κ3) is 4.03. The van der Waals surface area contributed by atoms with Crippen molar-refractivity contribution < 1.29 is 18.8 Å². The van der Waals surface area contributed by atoms with Crippen molar-refractivity contribution in [1.82, 2.24) is 4.57 Å². The van der Waals surface area contributed by atoms with Gasteiger partial charge in [-0.05, 0) is 43.2 Å². The first-order valence-electron chi connectivity index (χ1n) is 11.3. The number of oxime groups is 1. The van der Waals surface area contributed by atoms with Gasteiger partial charge in [-0.25, -0.2) is 9.18 Å². The van der Waals surface area contributed by atoms with E-state index in [1.807, 2.05) is 21.2 Å². The molecule has 0 bridgehead atoms. The largest absolute Gasteiger partial charge is 0.462 e. The smallest absolute Gasteiger partial charge is 0.343 e. The van der Waals surface area contributed by atoms with Crippen LogP contribution in [-0.2, 0) is 9.57 Å². The fraction of sp³-hybridized carbons (Fsp3) is 0.458. The third-order valence-corrected chi connectivity index (χ3v) is 7.54. The number of rotatable bonds is 5. The Hall–Kier alpha value is -2.81. The highest BCUT2D eigenvalue weighted by Gasteiger charge is 2.30. The molecule has 5 rings (SSSR count). The molecule has 1 aliphatic carbocycles. The van der Waals surface area contributed by atoms with Gasteiger partial charge in [-0.2, -0.15) is 0 Å². The predicted molar refractivity (Wildman–Crippen MR) is 128 cm³/mol. The highest BCUT2D eigenvalue weighted by Crippen LogP contribution is 2.40. The maximum Gasteiger partial charge on any atom is 0.343 e. The Balaban J connectivity index is 1.59. The normalized spacial score (nSPS) is 19.7. The average Bonchev–Trinajstić information content (AvgIpc) is 3.65. The molecule has 9 heteroatoms. The van der Waals surface area contributed by atoms with Gasteiger partial charge in [0.25, 0.3) is 0 Å². The minimum Gasteiger partial charge on any atom is -0.462 e. The van der Waals surface area contributed by atoms with Crippen molar-refractivity contribution >= 4 is 40.0 Å². The number of pyridine rings is 1. The molecule has 7 nitrogen and oxygen atoms in total. The van der Waals surface area contributed by atoms with Gasteiger partial charge in [-0.1, -0.05) is 5.16 Å². The zero-order valence-electron chi connectivity index (χ0n) is 18.7. The minimum atomic E-state index is -0.668. The second-order valence-electron chi connectivity index (χ2n) is 8.44. The van der Waals surface area contributed by atoms with Gasteiger partial charge in [0.05, 0.1) is 23.5 Å². The van der Waals surface area contributed by atoms with Crippen molar-refractivity contribution in [1.29, 1.82) is 0 Å². The zero-order chi connectivity index (χ0) is 23.1. The highest BCUT2D eigenvalue weighted by atomic mass is 32.2. The number of thioether (sulfide) groups is 1. The Morgan fingerprint density at radius 1 is 1.30 bits per heavy atom. The lowest BCUT2D eigenvalue weighted by Crippen LogP contribution is -2.36. The Kier molecular flexibility index (Phi) is 5.90. The second kappa shape index (κ2) is 8.85. The number of hydrogen-bond acceptors (Lipinski definition) is 7. The molecule has 3 heterocycles. The number of anilines is 1. The predicted octanol–water partition coefficient (Wildman–Crippen LogP) is 4.26. The lowest BCUT2D eigenvalue weighted by atomic mass is 10.0. The highest BCUT2D eigenvalue weighted by molar-refractivity contribution is 8.03. The molecule has 0 saturated heterocycles. The average molecular weight is 472 g/mol. The van der Waals surface area contributed by atoms with E-state index in [9.17, 15) is 9.59 Å². The molecule has 174 valence electrons. The number of halogens is 1. The summed E-state index contributed by atoms with van der Waals surface area (Å²) in [6, 6.07) is 3.23.